The molecule has 2 heterocycles. The maximum Gasteiger partial charge on any atom is 0.122 e. The van der Waals surface area contributed by atoms with Crippen molar-refractivity contribution in [3.63, 3.8) is 0 Å². The van der Waals surface area contributed by atoms with Gasteiger partial charge in [0.2, 0.25) is 0 Å². The molecule has 0 radical (unpaired) electrons. The number of aryl methyl sites for hydroxylation is 1. The van der Waals surface area contributed by atoms with Gasteiger partial charge in [-0.15, -0.1) is 0 Å². The number of hydrogen-bond donors (Lipinski definition) is 1. The third kappa shape index (κ3) is 4.32. The van der Waals surface area contributed by atoms with Gasteiger partial charge >= 0.3 is 0 Å². The molecule has 1 fully saturated rings. The average Bonchev–Trinajstić information content (AvgIpc) is 3.30. The number of hydrogen-bond acceptors (Lipinski definition) is 5. The van der Waals surface area contributed by atoms with Crippen LogP contribution in [0.2, 0.25) is 0 Å². The normalized spacial score (nSPS) is 20.0. The first-order valence-corrected chi connectivity index (χ1v) is 8.80. The quantitative estimate of drug-likeness (QED) is 0.797. The Balaban J connectivity index is 1.57. The fourth-order valence-corrected chi connectivity index (χ4v) is 3.28. The van der Waals surface area contributed by atoms with E-state index in [4.69, 9.17) is 14.2 Å². The SMILES string of the molecule is CCn1cc(C2OCCC2CNCc2cc(OC)cc(OC)c2)cn1. The standard InChI is InChI=1S/C19H27N3O3/c1-4-22-13-16(12-21-22)19-15(5-6-25-19)11-20-10-14-7-17(23-2)9-18(8-14)24-3/h7-9,12-13,15,19-20H,4-6,10-11H2,1-3H3. The summed E-state index contributed by atoms with van der Waals surface area (Å²) in [5, 5.41) is 7.92. The van der Waals surface area contributed by atoms with Gasteiger partial charge < -0.3 is 19.5 Å². The third-order valence-electron chi connectivity index (χ3n) is 4.67. The van der Waals surface area contributed by atoms with Crippen molar-refractivity contribution in [1.29, 1.82) is 0 Å². The lowest BCUT2D eigenvalue weighted by molar-refractivity contribution is 0.0903. The van der Waals surface area contributed by atoms with Gasteiger partial charge in [0.15, 0.2) is 0 Å². The van der Waals surface area contributed by atoms with Crippen LogP contribution in [0.15, 0.2) is 30.6 Å². The molecular weight excluding hydrogens is 318 g/mol. The van der Waals surface area contributed by atoms with E-state index in [9.17, 15) is 0 Å². The molecule has 0 amide bonds. The summed E-state index contributed by atoms with van der Waals surface area (Å²) in [5.74, 6) is 2.08. The van der Waals surface area contributed by atoms with Crippen LogP contribution in [0.5, 0.6) is 11.5 Å². The number of benzene rings is 1. The summed E-state index contributed by atoms with van der Waals surface area (Å²) < 4.78 is 18.6. The molecule has 136 valence electrons. The zero-order chi connectivity index (χ0) is 17.6. The molecule has 0 saturated carbocycles. The summed E-state index contributed by atoms with van der Waals surface area (Å²) in [6, 6.07) is 5.95. The predicted octanol–water partition coefficient (Wildman–Crippen LogP) is 2.79. The highest BCUT2D eigenvalue weighted by Gasteiger charge is 2.30. The number of ether oxygens (including phenoxy) is 3. The van der Waals surface area contributed by atoms with Crippen LogP contribution in [0.3, 0.4) is 0 Å². The van der Waals surface area contributed by atoms with Gasteiger partial charge in [-0.3, -0.25) is 4.68 Å². The topological polar surface area (TPSA) is 57.5 Å². The van der Waals surface area contributed by atoms with Crippen LogP contribution in [0.1, 0.15) is 30.6 Å². The summed E-state index contributed by atoms with van der Waals surface area (Å²) in [4.78, 5) is 0. The predicted molar refractivity (Wildman–Crippen MR) is 96.0 cm³/mol. The van der Waals surface area contributed by atoms with Crippen molar-refractivity contribution in [2.24, 2.45) is 5.92 Å². The van der Waals surface area contributed by atoms with Crippen molar-refractivity contribution in [2.75, 3.05) is 27.4 Å². The van der Waals surface area contributed by atoms with E-state index in [-0.39, 0.29) is 6.10 Å². The first kappa shape index (κ1) is 17.8. The summed E-state index contributed by atoms with van der Waals surface area (Å²) in [7, 11) is 3.34. The molecule has 25 heavy (non-hydrogen) atoms. The summed E-state index contributed by atoms with van der Waals surface area (Å²) in [5.41, 5.74) is 2.32. The Kier molecular flexibility index (Phi) is 5.94. The molecule has 0 bridgehead atoms. The first-order chi connectivity index (χ1) is 12.2. The fraction of sp³-hybridized carbons (Fsp3) is 0.526. The number of nitrogens with one attached hydrogen (secondary N) is 1. The van der Waals surface area contributed by atoms with E-state index in [0.29, 0.717) is 5.92 Å². The molecule has 2 unspecified atom stereocenters. The Morgan fingerprint density at radius 1 is 1.24 bits per heavy atom. The monoisotopic (exact) mass is 345 g/mol. The second kappa shape index (κ2) is 8.36. The Morgan fingerprint density at radius 3 is 2.64 bits per heavy atom. The Labute approximate surface area is 149 Å². The molecule has 1 N–H and O–H groups in total. The van der Waals surface area contributed by atoms with Gasteiger partial charge in [-0.2, -0.15) is 5.10 Å². The van der Waals surface area contributed by atoms with Crippen LogP contribution >= 0.6 is 0 Å². The highest BCUT2D eigenvalue weighted by atomic mass is 16.5. The highest BCUT2D eigenvalue weighted by molar-refractivity contribution is 5.38. The summed E-state index contributed by atoms with van der Waals surface area (Å²) >= 11 is 0. The van der Waals surface area contributed by atoms with Crippen molar-refractivity contribution >= 4 is 0 Å². The molecule has 1 aromatic carbocycles. The smallest absolute Gasteiger partial charge is 0.122 e. The van der Waals surface area contributed by atoms with Crippen LogP contribution < -0.4 is 14.8 Å². The molecule has 1 aliphatic heterocycles. The van der Waals surface area contributed by atoms with E-state index in [0.717, 1.165) is 49.7 Å². The largest absolute Gasteiger partial charge is 0.497 e. The lowest BCUT2D eigenvalue weighted by atomic mass is 9.97. The Bertz CT molecular complexity index is 664. The molecule has 2 atom stereocenters. The molecule has 3 rings (SSSR count). The van der Waals surface area contributed by atoms with Crippen molar-refractivity contribution in [3.8, 4) is 11.5 Å². The van der Waals surface area contributed by atoms with Crippen molar-refractivity contribution in [3.05, 3.63) is 41.7 Å². The number of nitrogens with zero attached hydrogens (tertiary/aromatic N) is 2. The van der Waals surface area contributed by atoms with Gasteiger partial charge in [0.1, 0.15) is 11.5 Å². The van der Waals surface area contributed by atoms with Crippen LogP contribution in [-0.2, 0) is 17.8 Å². The molecule has 6 heteroatoms. The Morgan fingerprint density at radius 2 is 2.00 bits per heavy atom. The van der Waals surface area contributed by atoms with Gasteiger partial charge in [-0.1, -0.05) is 0 Å². The van der Waals surface area contributed by atoms with Crippen LogP contribution in [0, 0.1) is 5.92 Å². The van der Waals surface area contributed by atoms with Gasteiger partial charge in [-0.25, -0.2) is 0 Å². The number of methoxy groups -OCH3 is 2. The maximum atomic E-state index is 5.95. The average molecular weight is 345 g/mol. The molecule has 2 aromatic rings. The van der Waals surface area contributed by atoms with Gasteiger partial charge in [0.05, 0.1) is 26.5 Å². The molecule has 1 saturated heterocycles. The zero-order valence-electron chi connectivity index (χ0n) is 15.2. The van der Waals surface area contributed by atoms with E-state index in [1.54, 1.807) is 14.2 Å². The van der Waals surface area contributed by atoms with Gasteiger partial charge in [-0.05, 0) is 31.0 Å². The van der Waals surface area contributed by atoms with E-state index in [1.165, 1.54) is 5.56 Å². The third-order valence-corrected chi connectivity index (χ3v) is 4.67. The summed E-state index contributed by atoms with van der Waals surface area (Å²) in [6.07, 6.45) is 5.22. The van der Waals surface area contributed by atoms with E-state index in [1.807, 2.05) is 29.1 Å². The molecule has 0 aliphatic carbocycles. The minimum Gasteiger partial charge on any atom is -0.497 e. The number of rotatable bonds is 8. The number of aromatic nitrogens is 2. The van der Waals surface area contributed by atoms with Crippen molar-refractivity contribution < 1.29 is 14.2 Å². The van der Waals surface area contributed by atoms with E-state index >= 15 is 0 Å². The molecule has 0 spiro atoms. The lowest BCUT2D eigenvalue weighted by Crippen LogP contribution is -2.24. The lowest BCUT2D eigenvalue weighted by Gasteiger charge is -2.18. The second-order valence-electron chi connectivity index (χ2n) is 6.32. The summed E-state index contributed by atoms with van der Waals surface area (Å²) in [6.45, 7) is 5.45. The minimum atomic E-state index is 0.132. The zero-order valence-corrected chi connectivity index (χ0v) is 15.2. The van der Waals surface area contributed by atoms with Crippen LogP contribution in [0.4, 0.5) is 0 Å². The van der Waals surface area contributed by atoms with Crippen LogP contribution in [0.25, 0.3) is 0 Å². The highest BCUT2D eigenvalue weighted by Crippen LogP contribution is 2.34. The molecular formula is C19H27N3O3. The maximum absolute atomic E-state index is 5.95. The Hall–Kier alpha value is -2.05. The van der Waals surface area contributed by atoms with Gasteiger partial charge in [0, 0.05) is 50.0 Å². The first-order valence-electron chi connectivity index (χ1n) is 8.80. The molecule has 1 aliphatic rings. The van der Waals surface area contributed by atoms with Gasteiger partial charge in [0.25, 0.3) is 0 Å². The molecule has 6 nitrogen and oxygen atoms in total. The minimum absolute atomic E-state index is 0.132. The second-order valence-corrected chi connectivity index (χ2v) is 6.32. The van der Waals surface area contributed by atoms with E-state index < -0.39 is 0 Å². The van der Waals surface area contributed by atoms with Crippen molar-refractivity contribution in [2.45, 2.75) is 32.5 Å². The van der Waals surface area contributed by atoms with Crippen molar-refractivity contribution in [1.82, 2.24) is 15.1 Å². The van der Waals surface area contributed by atoms with Crippen LogP contribution in [-0.4, -0.2) is 37.2 Å². The molecule has 1 aromatic heterocycles. The fourth-order valence-electron chi connectivity index (χ4n) is 3.28. The van der Waals surface area contributed by atoms with E-state index in [2.05, 4.69) is 23.5 Å².